The molecule has 0 radical (unpaired) electrons. The molecule has 0 atom stereocenters. The number of aromatic nitrogens is 1. The highest BCUT2D eigenvalue weighted by molar-refractivity contribution is 6.04. The van der Waals surface area contributed by atoms with Crippen LogP contribution in [0.2, 0.25) is 0 Å². The molecule has 0 spiro atoms. The molecule has 0 aliphatic rings. The number of rotatable bonds is 4. The Morgan fingerprint density at radius 2 is 1.89 bits per heavy atom. The van der Waals surface area contributed by atoms with E-state index >= 15 is 0 Å². The smallest absolute Gasteiger partial charge is 0.255 e. The molecule has 5 heteroatoms. The second-order valence-corrected chi connectivity index (χ2v) is 3.86. The number of carbonyl (C=O) groups is 1. The molecular weight excluding hydrogens is 242 g/mol. The average Bonchev–Trinajstić information content (AvgIpc) is 2.48. The van der Waals surface area contributed by atoms with E-state index in [4.69, 9.17) is 4.74 Å². The van der Waals surface area contributed by atoms with Gasteiger partial charge in [0.25, 0.3) is 5.91 Å². The molecule has 2 N–H and O–H groups in total. The zero-order valence-electron chi connectivity index (χ0n) is 10.8. The fraction of sp³-hybridized carbons (Fsp3) is 0.143. The minimum atomic E-state index is -0.179. The highest BCUT2D eigenvalue weighted by atomic mass is 16.5. The minimum absolute atomic E-state index is 0.179. The number of anilines is 2. The molecule has 0 saturated carbocycles. The summed E-state index contributed by atoms with van der Waals surface area (Å²) in [5.41, 5.74) is 1.22. The number of methoxy groups -OCH3 is 1. The van der Waals surface area contributed by atoms with Gasteiger partial charge < -0.3 is 15.4 Å². The Balaban J connectivity index is 2.06. The number of hydrogen-bond donors (Lipinski definition) is 2. The Morgan fingerprint density at radius 3 is 2.42 bits per heavy atom. The van der Waals surface area contributed by atoms with Gasteiger partial charge in [0.15, 0.2) is 0 Å². The van der Waals surface area contributed by atoms with Gasteiger partial charge in [0, 0.05) is 12.6 Å². The third kappa shape index (κ3) is 3.22. The standard InChI is InChI=1S/C14H15N3O2/c1-15-13-8-5-11(9-16-13)17-14(18)10-3-6-12(19-2)7-4-10/h3-9H,1-2H3,(H,15,16)(H,17,18). The van der Waals surface area contributed by atoms with E-state index in [2.05, 4.69) is 15.6 Å². The quantitative estimate of drug-likeness (QED) is 0.882. The lowest BCUT2D eigenvalue weighted by Crippen LogP contribution is -2.12. The molecule has 0 aliphatic heterocycles. The van der Waals surface area contributed by atoms with Crippen LogP contribution in [0.3, 0.4) is 0 Å². The Hall–Kier alpha value is -2.56. The molecule has 1 heterocycles. The van der Waals surface area contributed by atoms with E-state index in [0.29, 0.717) is 11.3 Å². The first kappa shape index (κ1) is 12.9. The Morgan fingerprint density at radius 1 is 1.16 bits per heavy atom. The lowest BCUT2D eigenvalue weighted by molar-refractivity contribution is 0.102. The topological polar surface area (TPSA) is 63.2 Å². The van der Waals surface area contributed by atoms with Gasteiger partial charge in [-0.05, 0) is 36.4 Å². The first-order valence-electron chi connectivity index (χ1n) is 5.82. The fourth-order valence-electron chi connectivity index (χ4n) is 1.56. The van der Waals surface area contributed by atoms with E-state index in [-0.39, 0.29) is 5.91 Å². The highest BCUT2D eigenvalue weighted by Gasteiger charge is 2.06. The lowest BCUT2D eigenvalue weighted by Gasteiger charge is -2.06. The van der Waals surface area contributed by atoms with Gasteiger partial charge in [-0.25, -0.2) is 4.98 Å². The monoisotopic (exact) mass is 257 g/mol. The van der Waals surface area contributed by atoms with E-state index in [1.165, 1.54) is 0 Å². The number of carbonyl (C=O) groups excluding carboxylic acids is 1. The van der Waals surface area contributed by atoms with E-state index in [1.54, 1.807) is 56.8 Å². The van der Waals surface area contributed by atoms with Crippen molar-refractivity contribution in [3.8, 4) is 5.75 Å². The summed E-state index contributed by atoms with van der Waals surface area (Å²) >= 11 is 0. The fourth-order valence-corrected chi connectivity index (χ4v) is 1.56. The molecule has 1 aromatic heterocycles. The van der Waals surface area contributed by atoms with Gasteiger partial charge in [-0.1, -0.05) is 0 Å². The van der Waals surface area contributed by atoms with Gasteiger partial charge >= 0.3 is 0 Å². The molecule has 0 fully saturated rings. The molecule has 1 aromatic carbocycles. The zero-order valence-corrected chi connectivity index (χ0v) is 10.8. The molecule has 0 saturated heterocycles. The molecule has 19 heavy (non-hydrogen) atoms. The van der Waals surface area contributed by atoms with Gasteiger partial charge in [0.05, 0.1) is 19.0 Å². The second kappa shape index (κ2) is 5.86. The number of nitrogens with one attached hydrogen (secondary N) is 2. The molecule has 0 bridgehead atoms. The van der Waals surface area contributed by atoms with Gasteiger partial charge in [-0.2, -0.15) is 0 Å². The summed E-state index contributed by atoms with van der Waals surface area (Å²) < 4.78 is 5.04. The number of benzene rings is 1. The Bertz CT molecular complexity index is 550. The van der Waals surface area contributed by atoms with Crippen molar-refractivity contribution >= 4 is 17.4 Å². The molecule has 98 valence electrons. The van der Waals surface area contributed by atoms with Crippen LogP contribution in [0.5, 0.6) is 5.75 Å². The van der Waals surface area contributed by atoms with Crippen LogP contribution in [0.4, 0.5) is 11.5 Å². The molecular formula is C14H15N3O2. The zero-order chi connectivity index (χ0) is 13.7. The molecule has 0 unspecified atom stereocenters. The van der Waals surface area contributed by atoms with E-state index < -0.39 is 0 Å². The normalized spacial score (nSPS) is 9.79. The van der Waals surface area contributed by atoms with Crippen molar-refractivity contribution in [3.05, 3.63) is 48.2 Å². The number of ether oxygens (including phenoxy) is 1. The summed E-state index contributed by atoms with van der Waals surface area (Å²) in [7, 11) is 3.38. The SMILES string of the molecule is CNc1ccc(NC(=O)c2ccc(OC)cc2)cn1. The summed E-state index contributed by atoms with van der Waals surface area (Å²) in [5, 5.41) is 5.69. The summed E-state index contributed by atoms with van der Waals surface area (Å²) in [6.45, 7) is 0. The maximum absolute atomic E-state index is 12.0. The van der Waals surface area contributed by atoms with Crippen LogP contribution in [0, 0.1) is 0 Å². The molecule has 1 amide bonds. The predicted octanol–water partition coefficient (Wildman–Crippen LogP) is 2.38. The van der Waals surface area contributed by atoms with Crippen molar-refractivity contribution in [1.82, 2.24) is 4.98 Å². The largest absolute Gasteiger partial charge is 0.497 e. The summed E-state index contributed by atoms with van der Waals surface area (Å²) in [6, 6.07) is 10.5. The third-order valence-electron chi connectivity index (χ3n) is 2.63. The van der Waals surface area contributed by atoms with Crippen molar-refractivity contribution < 1.29 is 9.53 Å². The number of pyridine rings is 1. The summed E-state index contributed by atoms with van der Waals surface area (Å²) in [4.78, 5) is 16.1. The van der Waals surface area contributed by atoms with Crippen LogP contribution >= 0.6 is 0 Å². The van der Waals surface area contributed by atoms with Crippen molar-refractivity contribution in [2.75, 3.05) is 24.8 Å². The van der Waals surface area contributed by atoms with Gasteiger partial charge in [0.1, 0.15) is 11.6 Å². The maximum atomic E-state index is 12.0. The van der Waals surface area contributed by atoms with Gasteiger partial charge in [-0.15, -0.1) is 0 Å². The molecule has 2 aromatic rings. The maximum Gasteiger partial charge on any atom is 0.255 e. The average molecular weight is 257 g/mol. The van der Waals surface area contributed by atoms with Gasteiger partial charge in [0.2, 0.25) is 0 Å². The Kier molecular flexibility index (Phi) is 3.97. The van der Waals surface area contributed by atoms with Crippen molar-refractivity contribution in [2.24, 2.45) is 0 Å². The number of nitrogens with zero attached hydrogens (tertiary/aromatic N) is 1. The van der Waals surface area contributed by atoms with Crippen molar-refractivity contribution in [1.29, 1.82) is 0 Å². The third-order valence-corrected chi connectivity index (χ3v) is 2.63. The first-order valence-corrected chi connectivity index (χ1v) is 5.82. The Labute approximate surface area is 111 Å². The minimum Gasteiger partial charge on any atom is -0.497 e. The van der Waals surface area contributed by atoms with Crippen molar-refractivity contribution in [3.63, 3.8) is 0 Å². The van der Waals surface area contributed by atoms with E-state index in [1.807, 2.05) is 0 Å². The van der Waals surface area contributed by atoms with Crippen LogP contribution in [-0.2, 0) is 0 Å². The number of hydrogen-bond acceptors (Lipinski definition) is 4. The molecule has 2 rings (SSSR count). The summed E-state index contributed by atoms with van der Waals surface area (Å²) in [5.74, 6) is 1.29. The second-order valence-electron chi connectivity index (χ2n) is 3.86. The molecule has 0 aliphatic carbocycles. The van der Waals surface area contributed by atoms with Crippen LogP contribution in [-0.4, -0.2) is 25.0 Å². The van der Waals surface area contributed by atoms with Crippen molar-refractivity contribution in [2.45, 2.75) is 0 Å². The van der Waals surface area contributed by atoms with Crippen LogP contribution in [0.1, 0.15) is 10.4 Å². The highest BCUT2D eigenvalue weighted by Crippen LogP contribution is 2.14. The predicted molar refractivity (Wildman–Crippen MR) is 74.7 cm³/mol. The number of amides is 1. The van der Waals surface area contributed by atoms with Crippen LogP contribution in [0.25, 0.3) is 0 Å². The van der Waals surface area contributed by atoms with E-state index in [9.17, 15) is 4.79 Å². The van der Waals surface area contributed by atoms with E-state index in [0.717, 1.165) is 11.6 Å². The first-order chi connectivity index (χ1) is 9.22. The van der Waals surface area contributed by atoms with Crippen LogP contribution in [0.15, 0.2) is 42.6 Å². The lowest BCUT2D eigenvalue weighted by atomic mass is 10.2. The van der Waals surface area contributed by atoms with Gasteiger partial charge in [-0.3, -0.25) is 4.79 Å². The summed E-state index contributed by atoms with van der Waals surface area (Å²) in [6.07, 6.45) is 1.60. The van der Waals surface area contributed by atoms with Crippen LogP contribution < -0.4 is 15.4 Å². The molecule has 5 nitrogen and oxygen atoms in total.